The Morgan fingerprint density at radius 1 is 1.10 bits per heavy atom. The minimum atomic E-state index is -0.339. The van der Waals surface area contributed by atoms with Crippen molar-refractivity contribution >= 4 is 0 Å². The number of aromatic nitrogens is 1. The second-order valence-electron chi connectivity index (χ2n) is 5.40. The van der Waals surface area contributed by atoms with Gasteiger partial charge in [-0.25, -0.2) is 0 Å². The van der Waals surface area contributed by atoms with Gasteiger partial charge >= 0.3 is 0 Å². The summed E-state index contributed by atoms with van der Waals surface area (Å²) in [6.45, 7) is 3.13. The van der Waals surface area contributed by atoms with E-state index in [1.54, 1.807) is 6.20 Å². The van der Waals surface area contributed by atoms with E-state index in [1.165, 1.54) is 38.5 Å². The van der Waals surface area contributed by atoms with Gasteiger partial charge in [0.1, 0.15) is 0 Å². The Morgan fingerprint density at radius 3 is 2.55 bits per heavy atom. The molecule has 0 aliphatic heterocycles. The van der Waals surface area contributed by atoms with Crippen LogP contribution in [0.5, 0.6) is 0 Å². The van der Waals surface area contributed by atoms with E-state index in [-0.39, 0.29) is 6.10 Å². The highest BCUT2D eigenvalue weighted by Crippen LogP contribution is 2.10. The van der Waals surface area contributed by atoms with Crippen molar-refractivity contribution in [1.29, 1.82) is 0 Å². The lowest BCUT2D eigenvalue weighted by molar-refractivity contribution is 0.0222. The molecule has 3 nitrogen and oxygen atoms in total. The van der Waals surface area contributed by atoms with Crippen molar-refractivity contribution in [3.63, 3.8) is 0 Å². The quantitative estimate of drug-likeness (QED) is 0.586. The van der Waals surface area contributed by atoms with Gasteiger partial charge in [0.25, 0.3) is 0 Å². The normalized spacial score (nSPS) is 12.5. The number of pyridine rings is 1. The van der Waals surface area contributed by atoms with Crippen molar-refractivity contribution in [3.8, 4) is 0 Å². The minimum Gasteiger partial charge on any atom is -0.391 e. The van der Waals surface area contributed by atoms with Gasteiger partial charge in [0.15, 0.2) is 0 Å². The highest BCUT2D eigenvalue weighted by atomic mass is 16.5. The van der Waals surface area contributed by atoms with E-state index in [1.807, 2.05) is 18.2 Å². The van der Waals surface area contributed by atoms with E-state index in [9.17, 15) is 5.11 Å². The highest BCUT2D eigenvalue weighted by Gasteiger charge is 2.04. The van der Waals surface area contributed by atoms with Crippen molar-refractivity contribution in [3.05, 3.63) is 30.1 Å². The molecule has 0 fully saturated rings. The molecule has 0 saturated heterocycles. The summed E-state index contributed by atoms with van der Waals surface area (Å²) in [5.41, 5.74) is 0.913. The molecule has 0 bridgehead atoms. The van der Waals surface area contributed by atoms with Crippen LogP contribution >= 0.6 is 0 Å². The first-order chi connectivity index (χ1) is 9.83. The molecule has 1 aromatic heterocycles. The number of hydrogen-bond acceptors (Lipinski definition) is 3. The zero-order valence-electron chi connectivity index (χ0n) is 12.8. The minimum absolute atomic E-state index is 0.339. The number of aliphatic hydroxyl groups excluding tert-OH is 1. The van der Waals surface area contributed by atoms with Crippen LogP contribution in [-0.4, -0.2) is 22.8 Å². The van der Waals surface area contributed by atoms with Crippen molar-refractivity contribution in [2.24, 2.45) is 0 Å². The molecule has 0 saturated carbocycles. The molecule has 1 unspecified atom stereocenters. The van der Waals surface area contributed by atoms with Gasteiger partial charge in [-0.3, -0.25) is 4.98 Å². The van der Waals surface area contributed by atoms with Crippen molar-refractivity contribution in [1.82, 2.24) is 4.98 Å². The number of hydrogen-bond donors (Lipinski definition) is 1. The van der Waals surface area contributed by atoms with Gasteiger partial charge in [0.2, 0.25) is 0 Å². The predicted molar refractivity (Wildman–Crippen MR) is 82.5 cm³/mol. The molecule has 114 valence electrons. The molecule has 0 radical (unpaired) electrons. The fraction of sp³-hybridized carbons (Fsp3) is 0.706. The van der Waals surface area contributed by atoms with Crippen LogP contribution in [0.15, 0.2) is 24.4 Å². The molecule has 0 amide bonds. The summed E-state index contributed by atoms with van der Waals surface area (Å²) in [4.78, 5) is 4.18. The van der Waals surface area contributed by atoms with E-state index in [0.29, 0.717) is 13.2 Å². The number of unbranched alkanes of at least 4 members (excludes halogenated alkanes) is 6. The van der Waals surface area contributed by atoms with Gasteiger partial charge in [-0.1, -0.05) is 57.9 Å². The SMILES string of the molecule is CCCCCCCCCC(O)COCc1ccccn1. The average molecular weight is 279 g/mol. The summed E-state index contributed by atoms with van der Waals surface area (Å²) in [6.07, 6.45) is 11.2. The standard InChI is InChI=1S/C17H29NO2/c1-2-3-4-5-6-7-8-12-17(19)15-20-14-16-11-9-10-13-18-16/h9-11,13,17,19H,2-8,12,14-15H2,1H3. The van der Waals surface area contributed by atoms with E-state index >= 15 is 0 Å². The van der Waals surface area contributed by atoms with Gasteiger partial charge in [-0.2, -0.15) is 0 Å². The van der Waals surface area contributed by atoms with E-state index < -0.39 is 0 Å². The van der Waals surface area contributed by atoms with Gasteiger partial charge in [-0.05, 0) is 18.6 Å². The monoisotopic (exact) mass is 279 g/mol. The summed E-state index contributed by atoms with van der Waals surface area (Å²) in [6, 6.07) is 5.77. The number of rotatable bonds is 12. The van der Waals surface area contributed by atoms with Crippen molar-refractivity contribution in [2.45, 2.75) is 71.0 Å². The largest absolute Gasteiger partial charge is 0.391 e. The van der Waals surface area contributed by atoms with Crippen LogP contribution in [0.3, 0.4) is 0 Å². The summed E-state index contributed by atoms with van der Waals surface area (Å²) >= 11 is 0. The first-order valence-corrected chi connectivity index (χ1v) is 7.98. The molecule has 1 heterocycles. The topological polar surface area (TPSA) is 42.4 Å². The molecule has 0 aliphatic carbocycles. The molecular weight excluding hydrogens is 250 g/mol. The van der Waals surface area contributed by atoms with Gasteiger partial charge in [0.05, 0.1) is 25.0 Å². The summed E-state index contributed by atoms with van der Waals surface area (Å²) in [7, 11) is 0. The average Bonchev–Trinajstić information content (AvgIpc) is 2.47. The first kappa shape index (κ1) is 17.1. The van der Waals surface area contributed by atoms with Gasteiger partial charge in [0, 0.05) is 6.20 Å². The molecule has 1 aromatic rings. The molecular formula is C17H29NO2. The van der Waals surface area contributed by atoms with Gasteiger partial charge < -0.3 is 9.84 Å². The molecule has 0 spiro atoms. The summed E-state index contributed by atoms with van der Waals surface area (Å²) in [5.74, 6) is 0. The lowest BCUT2D eigenvalue weighted by Gasteiger charge is -2.11. The first-order valence-electron chi connectivity index (χ1n) is 7.98. The Balaban J connectivity index is 1.91. The van der Waals surface area contributed by atoms with Crippen LogP contribution in [0.4, 0.5) is 0 Å². The van der Waals surface area contributed by atoms with Crippen LogP contribution in [0, 0.1) is 0 Å². The summed E-state index contributed by atoms with van der Waals surface area (Å²) < 4.78 is 5.48. The Morgan fingerprint density at radius 2 is 1.85 bits per heavy atom. The Labute approximate surface area is 123 Å². The highest BCUT2D eigenvalue weighted by molar-refractivity contribution is 5.01. The zero-order chi connectivity index (χ0) is 14.5. The Kier molecular flexibility index (Phi) is 10.2. The number of ether oxygens (including phenoxy) is 1. The van der Waals surface area contributed by atoms with Crippen LogP contribution in [0.2, 0.25) is 0 Å². The fourth-order valence-electron chi connectivity index (χ4n) is 2.20. The molecule has 0 aliphatic rings. The molecule has 0 aromatic carbocycles. The Bertz CT molecular complexity index is 316. The van der Waals surface area contributed by atoms with Crippen LogP contribution in [0.1, 0.15) is 64.0 Å². The molecule has 1 atom stereocenters. The Hall–Kier alpha value is -0.930. The van der Waals surface area contributed by atoms with E-state index in [4.69, 9.17) is 4.74 Å². The lowest BCUT2D eigenvalue weighted by Crippen LogP contribution is -2.15. The molecule has 20 heavy (non-hydrogen) atoms. The second-order valence-corrected chi connectivity index (χ2v) is 5.40. The zero-order valence-corrected chi connectivity index (χ0v) is 12.8. The molecule has 1 rings (SSSR count). The third-order valence-electron chi connectivity index (χ3n) is 3.43. The van der Waals surface area contributed by atoms with Crippen LogP contribution in [-0.2, 0) is 11.3 Å². The second kappa shape index (κ2) is 11.9. The van der Waals surface area contributed by atoms with E-state index in [2.05, 4.69) is 11.9 Å². The number of aliphatic hydroxyl groups is 1. The molecule has 3 heteroatoms. The third kappa shape index (κ3) is 9.05. The summed E-state index contributed by atoms with van der Waals surface area (Å²) in [5, 5.41) is 9.82. The predicted octanol–water partition coefficient (Wildman–Crippen LogP) is 4.10. The lowest BCUT2D eigenvalue weighted by atomic mass is 10.1. The van der Waals surface area contributed by atoms with E-state index in [0.717, 1.165) is 18.5 Å². The van der Waals surface area contributed by atoms with Crippen molar-refractivity contribution in [2.75, 3.05) is 6.61 Å². The third-order valence-corrected chi connectivity index (χ3v) is 3.43. The number of nitrogens with zero attached hydrogens (tertiary/aromatic N) is 1. The maximum absolute atomic E-state index is 9.82. The smallest absolute Gasteiger partial charge is 0.0889 e. The van der Waals surface area contributed by atoms with Crippen molar-refractivity contribution < 1.29 is 9.84 Å². The van der Waals surface area contributed by atoms with Crippen LogP contribution < -0.4 is 0 Å². The fourth-order valence-corrected chi connectivity index (χ4v) is 2.20. The maximum Gasteiger partial charge on any atom is 0.0889 e. The van der Waals surface area contributed by atoms with Gasteiger partial charge in [-0.15, -0.1) is 0 Å². The maximum atomic E-state index is 9.82. The van der Waals surface area contributed by atoms with Crippen LogP contribution in [0.25, 0.3) is 0 Å². The molecule has 1 N–H and O–H groups in total.